The van der Waals surface area contributed by atoms with Gasteiger partial charge < -0.3 is 10.1 Å². The van der Waals surface area contributed by atoms with E-state index < -0.39 is 22.9 Å². The Labute approximate surface area is 177 Å². The molecule has 1 heterocycles. The Morgan fingerprint density at radius 1 is 1.13 bits per heavy atom. The van der Waals surface area contributed by atoms with E-state index in [9.17, 15) is 19.7 Å². The average molecular weight is 426 g/mol. The van der Waals surface area contributed by atoms with Crippen LogP contribution in [0, 0.1) is 17.0 Å². The second-order valence-electron chi connectivity index (χ2n) is 7.32. The minimum atomic E-state index is -1.00. The summed E-state index contributed by atoms with van der Waals surface area (Å²) in [5, 5.41) is 14.4. The number of carbonyl (C=O) groups is 2. The largest absolute Gasteiger partial charge is 0.448 e. The quantitative estimate of drug-likeness (QED) is 0.322. The lowest BCUT2D eigenvalue weighted by Gasteiger charge is -2.18. The summed E-state index contributed by atoms with van der Waals surface area (Å²) in [4.78, 5) is 35.9. The molecule has 30 heavy (non-hydrogen) atoms. The molecule has 1 aromatic heterocycles. The number of esters is 1. The molecule has 8 heteroatoms. The Morgan fingerprint density at radius 2 is 1.87 bits per heavy atom. The summed E-state index contributed by atoms with van der Waals surface area (Å²) in [7, 11) is 0. The number of nitro benzene ring substituents is 1. The second-order valence-corrected chi connectivity index (χ2v) is 8.40. The lowest BCUT2D eigenvalue weighted by Crippen LogP contribution is -2.30. The van der Waals surface area contributed by atoms with Crippen molar-refractivity contribution in [1.29, 1.82) is 0 Å². The van der Waals surface area contributed by atoms with Gasteiger partial charge in [-0.2, -0.15) is 0 Å². The van der Waals surface area contributed by atoms with Crippen molar-refractivity contribution in [3.8, 4) is 0 Å². The fraction of sp³-hybridized carbons (Fsp3) is 0.273. The number of nitrogens with zero attached hydrogens (tertiary/aromatic N) is 1. The molecule has 0 fully saturated rings. The Kier molecular flexibility index (Phi) is 6.17. The number of aryl methyl sites for hydroxylation is 1. The van der Waals surface area contributed by atoms with E-state index in [2.05, 4.69) is 5.32 Å². The second kappa shape index (κ2) is 8.62. The highest BCUT2D eigenvalue weighted by atomic mass is 32.1. The molecule has 3 aromatic rings. The normalized spacial score (nSPS) is 12.0. The fourth-order valence-electron chi connectivity index (χ4n) is 3.08. The van der Waals surface area contributed by atoms with Gasteiger partial charge in [0.15, 0.2) is 6.10 Å². The van der Waals surface area contributed by atoms with Crippen molar-refractivity contribution in [2.24, 2.45) is 0 Å². The van der Waals surface area contributed by atoms with E-state index >= 15 is 0 Å². The van der Waals surface area contributed by atoms with Gasteiger partial charge in [0.2, 0.25) is 0 Å². The zero-order valence-electron chi connectivity index (χ0n) is 17.1. The number of nitro groups is 1. The summed E-state index contributed by atoms with van der Waals surface area (Å²) in [5.74, 6) is -0.840. The third-order valence-corrected chi connectivity index (χ3v) is 5.84. The van der Waals surface area contributed by atoms with Gasteiger partial charge in [0, 0.05) is 27.9 Å². The third kappa shape index (κ3) is 4.49. The summed E-state index contributed by atoms with van der Waals surface area (Å²) in [6.45, 7) is 7.51. The number of amides is 1. The number of non-ortho nitro benzene ring substituents is 1. The van der Waals surface area contributed by atoms with Gasteiger partial charge in [0.05, 0.1) is 4.92 Å². The molecule has 156 valence electrons. The van der Waals surface area contributed by atoms with Crippen molar-refractivity contribution in [1.82, 2.24) is 0 Å². The summed E-state index contributed by atoms with van der Waals surface area (Å²) in [6, 6.07) is 11.7. The maximum absolute atomic E-state index is 12.6. The van der Waals surface area contributed by atoms with E-state index in [0.29, 0.717) is 5.39 Å². The topological polar surface area (TPSA) is 98.5 Å². The SMILES string of the molecule is Cc1cccc(C(C)C)c1NC(=O)C(C)OC(=O)c1cc2cc([N+](=O)[O-])ccc2s1. The standard InChI is InChI=1S/C22H22N2O5S/c1-12(2)17-7-5-6-13(3)20(17)23-21(25)14(4)29-22(26)19-11-15-10-16(24(27)28)8-9-18(15)30-19/h5-12,14H,1-4H3,(H,23,25). The highest BCUT2D eigenvalue weighted by Gasteiger charge is 2.22. The Morgan fingerprint density at radius 3 is 2.53 bits per heavy atom. The molecule has 1 N–H and O–H groups in total. The van der Waals surface area contributed by atoms with Crippen LogP contribution in [0.3, 0.4) is 0 Å². The van der Waals surface area contributed by atoms with Gasteiger partial charge in [-0.15, -0.1) is 11.3 Å². The third-order valence-electron chi connectivity index (χ3n) is 4.74. The molecule has 0 aliphatic carbocycles. The number of hydrogen-bond acceptors (Lipinski definition) is 6. The molecule has 3 rings (SSSR count). The van der Waals surface area contributed by atoms with Gasteiger partial charge in [-0.05, 0) is 43.0 Å². The fourth-order valence-corrected chi connectivity index (χ4v) is 4.01. The molecule has 2 aromatic carbocycles. The number of ether oxygens (including phenoxy) is 1. The number of rotatable bonds is 6. The minimum Gasteiger partial charge on any atom is -0.448 e. The van der Waals surface area contributed by atoms with Gasteiger partial charge in [0.1, 0.15) is 4.88 Å². The molecular weight excluding hydrogens is 404 g/mol. The number of anilines is 1. The van der Waals surface area contributed by atoms with Crippen molar-refractivity contribution in [3.05, 3.63) is 68.6 Å². The van der Waals surface area contributed by atoms with Crippen molar-refractivity contribution in [3.63, 3.8) is 0 Å². The maximum atomic E-state index is 12.6. The van der Waals surface area contributed by atoms with Crippen LogP contribution in [0.5, 0.6) is 0 Å². The van der Waals surface area contributed by atoms with Crippen molar-refractivity contribution in [2.45, 2.75) is 39.7 Å². The zero-order valence-corrected chi connectivity index (χ0v) is 17.9. The first kappa shape index (κ1) is 21.4. The van der Waals surface area contributed by atoms with Crippen LogP contribution in [0.15, 0.2) is 42.5 Å². The van der Waals surface area contributed by atoms with Gasteiger partial charge in [0.25, 0.3) is 11.6 Å². The summed E-state index contributed by atoms with van der Waals surface area (Å²) < 4.78 is 6.07. The highest BCUT2D eigenvalue weighted by molar-refractivity contribution is 7.20. The molecule has 1 atom stereocenters. The number of thiophene rings is 1. The van der Waals surface area contributed by atoms with Crippen LogP contribution in [0.1, 0.15) is 47.5 Å². The first-order valence-electron chi connectivity index (χ1n) is 9.46. The molecule has 0 aliphatic heterocycles. The minimum absolute atomic E-state index is 0.0489. The predicted octanol–water partition coefficient (Wildman–Crippen LogP) is 5.43. The van der Waals surface area contributed by atoms with Crippen molar-refractivity contribution < 1.29 is 19.2 Å². The predicted molar refractivity (Wildman–Crippen MR) is 117 cm³/mol. The summed E-state index contributed by atoms with van der Waals surface area (Å²) in [5.41, 5.74) is 2.62. The van der Waals surface area contributed by atoms with E-state index in [1.165, 1.54) is 25.1 Å². The van der Waals surface area contributed by atoms with Gasteiger partial charge >= 0.3 is 5.97 Å². The van der Waals surface area contributed by atoms with E-state index in [1.54, 1.807) is 6.07 Å². The number of carbonyl (C=O) groups excluding carboxylic acids is 2. The Bertz CT molecular complexity index is 1140. The van der Waals surface area contributed by atoms with E-state index in [1.807, 2.05) is 39.0 Å². The lowest BCUT2D eigenvalue weighted by molar-refractivity contribution is -0.384. The zero-order chi connectivity index (χ0) is 22.0. The van der Waals surface area contributed by atoms with Crippen molar-refractivity contribution in [2.75, 3.05) is 5.32 Å². The number of hydrogen-bond donors (Lipinski definition) is 1. The molecule has 7 nitrogen and oxygen atoms in total. The first-order valence-corrected chi connectivity index (χ1v) is 10.3. The molecule has 0 saturated heterocycles. The van der Waals surface area contributed by atoms with Crippen LogP contribution in [-0.4, -0.2) is 22.9 Å². The average Bonchev–Trinajstić information content (AvgIpc) is 3.12. The lowest BCUT2D eigenvalue weighted by atomic mass is 9.98. The monoisotopic (exact) mass is 426 g/mol. The first-order chi connectivity index (χ1) is 14.2. The number of benzene rings is 2. The molecule has 1 unspecified atom stereocenters. The van der Waals surface area contributed by atoms with Crippen LogP contribution in [-0.2, 0) is 9.53 Å². The maximum Gasteiger partial charge on any atom is 0.349 e. The summed E-state index contributed by atoms with van der Waals surface area (Å²) >= 11 is 1.16. The smallest absolute Gasteiger partial charge is 0.349 e. The Hall–Kier alpha value is -3.26. The van der Waals surface area contributed by atoms with Crippen LogP contribution in [0.25, 0.3) is 10.1 Å². The van der Waals surface area contributed by atoms with E-state index in [0.717, 1.165) is 32.9 Å². The van der Waals surface area contributed by atoms with Gasteiger partial charge in [-0.25, -0.2) is 4.79 Å². The molecule has 0 spiro atoms. The molecule has 0 saturated carbocycles. The molecular formula is C22H22N2O5S. The van der Waals surface area contributed by atoms with Crippen molar-refractivity contribution >= 4 is 44.7 Å². The number of nitrogens with one attached hydrogen (secondary N) is 1. The highest BCUT2D eigenvalue weighted by Crippen LogP contribution is 2.30. The van der Waals surface area contributed by atoms with Crippen LogP contribution in [0.4, 0.5) is 11.4 Å². The van der Waals surface area contributed by atoms with E-state index in [-0.39, 0.29) is 16.5 Å². The number of para-hydroxylation sites is 1. The van der Waals surface area contributed by atoms with Crippen LogP contribution in [0.2, 0.25) is 0 Å². The molecule has 1 amide bonds. The molecule has 0 bridgehead atoms. The van der Waals surface area contributed by atoms with Crippen LogP contribution >= 0.6 is 11.3 Å². The Balaban J connectivity index is 1.74. The van der Waals surface area contributed by atoms with E-state index in [4.69, 9.17) is 4.74 Å². The molecule has 0 radical (unpaired) electrons. The van der Waals surface area contributed by atoms with Gasteiger partial charge in [-0.3, -0.25) is 14.9 Å². The summed E-state index contributed by atoms with van der Waals surface area (Å²) in [6.07, 6.45) is -1.00. The number of fused-ring (bicyclic) bond motifs is 1. The van der Waals surface area contributed by atoms with Crippen LogP contribution < -0.4 is 5.32 Å². The molecule has 0 aliphatic rings. The van der Waals surface area contributed by atoms with Gasteiger partial charge in [-0.1, -0.05) is 32.0 Å².